The number of anilines is 3. The summed E-state index contributed by atoms with van der Waals surface area (Å²) in [5, 5.41) is 7.19. The Morgan fingerprint density at radius 2 is 1.97 bits per heavy atom. The van der Waals surface area contributed by atoms with E-state index in [9.17, 15) is 4.39 Å². The predicted octanol–water partition coefficient (Wildman–Crippen LogP) is 7.06. The zero-order valence-corrected chi connectivity index (χ0v) is 19.3. The summed E-state index contributed by atoms with van der Waals surface area (Å²) in [5.41, 5.74) is 12.4. The van der Waals surface area contributed by atoms with Crippen LogP contribution in [0.4, 0.5) is 20.9 Å². The van der Waals surface area contributed by atoms with Crippen molar-refractivity contribution in [2.45, 2.75) is 25.8 Å². The van der Waals surface area contributed by atoms with Gasteiger partial charge >= 0.3 is 0 Å². The largest absolute Gasteiger partial charge is 0.436 e. The van der Waals surface area contributed by atoms with Gasteiger partial charge in [0.2, 0.25) is 0 Å². The first-order valence-corrected chi connectivity index (χ1v) is 12.0. The summed E-state index contributed by atoms with van der Waals surface area (Å²) >= 11 is 1.58. The van der Waals surface area contributed by atoms with Gasteiger partial charge in [0, 0.05) is 40.3 Å². The molecule has 3 aromatic heterocycles. The van der Waals surface area contributed by atoms with Crippen molar-refractivity contribution in [1.29, 1.82) is 0 Å². The molecule has 3 heterocycles. The Kier molecular flexibility index (Phi) is 4.95. The molecule has 1 saturated carbocycles. The van der Waals surface area contributed by atoms with Gasteiger partial charge in [-0.25, -0.2) is 14.4 Å². The van der Waals surface area contributed by atoms with Gasteiger partial charge in [-0.1, -0.05) is 12.1 Å². The Bertz CT molecular complexity index is 1500. The van der Waals surface area contributed by atoms with Crippen molar-refractivity contribution < 1.29 is 9.13 Å². The molecule has 34 heavy (non-hydrogen) atoms. The first-order chi connectivity index (χ1) is 16.6. The maximum Gasteiger partial charge on any atom is 0.255 e. The Hall–Kier alpha value is -3.91. The topological polar surface area (TPSA) is 78.0 Å². The number of nitrogens with zero attached hydrogens (tertiary/aromatic N) is 3. The van der Waals surface area contributed by atoms with E-state index in [1.54, 1.807) is 17.4 Å². The lowest BCUT2D eigenvalue weighted by Crippen LogP contribution is -1.99. The first-order valence-electron chi connectivity index (χ1n) is 11.1. The molecule has 0 bridgehead atoms. The summed E-state index contributed by atoms with van der Waals surface area (Å²) in [4.78, 5) is 8.46. The first kappa shape index (κ1) is 20.7. The summed E-state index contributed by atoms with van der Waals surface area (Å²) in [6.45, 7) is 1.98. The van der Waals surface area contributed by atoms with Crippen LogP contribution >= 0.6 is 11.3 Å². The second-order valence-electron chi connectivity index (χ2n) is 8.43. The number of rotatable bonds is 6. The number of ether oxygens (including phenoxy) is 1. The highest BCUT2D eigenvalue weighted by Crippen LogP contribution is 2.47. The molecule has 1 fully saturated rings. The Morgan fingerprint density at radius 3 is 2.68 bits per heavy atom. The Balaban J connectivity index is 1.38. The van der Waals surface area contributed by atoms with Crippen molar-refractivity contribution in [2.75, 3.05) is 11.1 Å². The molecule has 1 aliphatic carbocycles. The monoisotopic (exact) mass is 471 g/mol. The Morgan fingerprint density at radius 1 is 1.15 bits per heavy atom. The summed E-state index contributed by atoms with van der Waals surface area (Å²) in [6.07, 6.45) is 3.70. The summed E-state index contributed by atoms with van der Waals surface area (Å²) < 4.78 is 22.1. The number of nitrogens with two attached hydrogens (primary N) is 1. The average molecular weight is 472 g/mol. The van der Waals surface area contributed by atoms with Gasteiger partial charge in [0.05, 0.1) is 22.6 Å². The van der Waals surface area contributed by atoms with Gasteiger partial charge in [0.1, 0.15) is 5.75 Å². The number of halogens is 1. The van der Waals surface area contributed by atoms with Crippen molar-refractivity contribution in [1.82, 2.24) is 14.5 Å². The van der Waals surface area contributed by atoms with Gasteiger partial charge in [-0.2, -0.15) is 0 Å². The molecule has 6 rings (SSSR count). The molecule has 0 radical (unpaired) electrons. The zero-order chi connectivity index (χ0) is 23.2. The minimum atomic E-state index is -0.498. The van der Waals surface area contributed by atoms with Crippen molar-refractivity contribution >= 4 is 38.7 Å². The number of thiazole rings is 1. The molecule has 8 heteroatoms. The van der Waals surface area contributed by atoms with Crippen LogP contribution in [-0.2, 0) is 0 Å². The summed E-state index contributed by atoms with van der Waals surface area (Å²) in [6, 6.07) is 17.1. The molecule has 6 nitrogen and oxygen atoms in total. The van der Waals surface area contributed by atoms with Gasteiger partial charge in [-0.05, 0) is 56.2 Å². The van der Waals surface area contributed by atoms with E-state index in [2.05, 4.69) is 32.0 Å². The van der Waals surface area contributed by atoms with Crippen molar-refractivity contribution in [3.63, 3.8) is 0 Å². The van der Waals surface area contributed by atoms with E-state index in [1.807, 2.05) is 36.6 Å². The highest BCUT2D eigenvalue weighted by atomic mass is 32.1. The summed E-state index contributed by atoms with van der Waals surface area (Å²) in [7, 11) is 0. The predicted molar refractivity (Wildman–Crippen MR) is 134 cm³/mol. The number of aryl methyl sites for hydroxylation is 1. The van der Waals surface area contributed by atoms with Crippen LogP contribution in [-0.4, -0.2) is 14.5 Å². The van der Waals surface area contributed by atoms with Crippen LogP contribution in [0.3, 0.4) is 0 Å². The van der Waals surface area contributed by atoms with Gasteiger partial charge in [0.15, 0.2) is 10.9 Å². The van der Waals surface area contributed by atoms with E-state index >= 15 is 0 Å². The van der Waals surface area contributed by atoms with E-state index in [4.69, 9.17) is 10.5 Å². The van der Waals surface area contributed by atoms with E-state index in [1.165, 1.54) is 18.3 Å². The van der Waals surface area contributed by atoms with Gasteiger partial charge in [-0.3, -0.25) is 0 Å². The van der Waals surface area contributed by atoms with E-state index < -0.39 is 5.82 Å². The average Bonchev–Trinajstić information content (AvgIpc) is 3.53. The van der Waals surface area contributed by atoms with Crippen molar-refractivity contribution in [3.8, 4) is 22.9 Å². The second kappa shape index (κ2) is 8.14. The molecule has 0 saturated heterocycles. The fourth-order valence-electron chi connectivity index (χ4n) is 4.19. The number of pyridine rings is 1. The third-order valence-corrected chi connectivity index (χ3v) is 6.77. The molecule has 170 valence electrons. The minimum absolute atomic E-state index is 0.0434. The lowest BCUT2D eigenvalue weighted by atomic mass is 10.1. The maximum atomic E-state index is 14.0. The number of hydrogen-bond donors (Lipinski definition) is 2. The van der Waals surface area contributed by atoms with E-state index in [0.717, 1.165) is 57.2 Å². The standard InChI is InChI=1S/C26H22FN5OS/c1-15-14-34-26(30-15)31-17-6-4-16(5-7-17)24-23(28)20-11-10-19(13-22(20)32(24)18-8-9-18)33-25-21(27)3-2-12-29-25/h2-7,10-14,18H,8-9,28H2,1H3,(H,30,31). The number of benzene rings is 2. The lowest BCUT2D eigenvalue weighted by molar-refractivity contribution is 0.423. The SMILES string of the molecule is Cc1csc(Nc2ccc(-c3c(N)c4ccc(Oc5ncccc5F)cc4n3C3CC3)cc2)n1. The molecule has 3 N–H and O–H groups in total. The fraction of sp³-hybridized carbons (Fsp3) is 0.154. The normalized spacial score (nSPS) is 13.4. The molecule has 0 aliphatic heterocycles. The van der Waals surface area contributed by atoms with Crippen LogP contribution in [0.5, 0.6) is 11.6 Å². The van der Waals surface area contributed by atoms with Crippen molar-refractivity contribution in [2.24, 2.45) is 0 Å². The smallest absolute Gasteiger partial charge is 0.255 e. The third-order valence-electron chi connectivity index (χ3n) is 5.89. The second-order valence-corrected chi connectivity index (χ2v) is 9.29. The molecule has 0 atom stereocenters. The van der Waals surface area contributed by atoms with Crippen LogP contribution < -0.4 is 15.8 Å². The number of nitrogens with one attached hydrogen (secondary N) is 1. The molecule has 2 aromatic carbocycles. The number of nitrogen functional groups attached to an aromatic ring is 1. The van der Waals surface area contributed by atoms with Gasteiger partial charge < -0.3 is 20.4 Å². The molecular weight excluding hydrogens is 449 g/mol. The quantitative estimate of drug-likeness (QED) is 0.277. The fourth-order valence-corrected chi connectivity index (χ4v) is 4.90. The molecule has 5 aromatic rings. The van der Waals surface area contributed by atoms with Crippen LogP contribution in [0.25, 0.3) is 22.2 Å². The lowest BCUT2D eigenvalue weighted by Gasteiger charge is -2.12. The van der Waals surface area contributed by atoms with E-state index in [0.29, 0.717) is 11.8 Å². The van der Waals surface area contributed by atoms with Crippen LogP contribution in [0.15, 0.2) is 66.2 Å². The van der Waals surface area contributed by atoms with Crippen LogP contribution in [0, 0.1) is 12.7 Å². The van der Waals surface area contributed by atoms with Crippen LogP contribution in [0.1, 0.15) is 24.6 Å². The molecule has 0 unspecified atom stereocenters. The van der Waals surface area contributed by atoms with E-state index in [-0.39, 0.29) is 5.88 Å². The molecule has 1 aliphatic rings. The maximum absolute atomic E-state index is 14.0. The summed E-state index contributed by atoms with van der Waals surface area (Å²) in [5.74, 6) is -0.0191. The highest BCUT2D eigenvalue weighted by molar-refractivity contribution is 7.13. The number of aromatic nitrogens is 3. The minimum Gasteiger partial charge on any atom is -0.436 e. The van der Waals surface area contributed by atoms with Crippen LogP contribution in [0.2, 0.25) is 0 Å². The third kappa shape index (κ3) is 3.76. The van der Waals surface area contributed by atoms with Gasteiger partial charge in [-0.15, -0.1) is 11.3 Å². The zero-order valence-electron chi connectivity index (χ0n) is 18.5. The highest BCUT2D eigenvalue weighted by Gasteiger charge is 2.30. The van der Waals surface area contributed by atoms with Crippen molar-refractivity contribution in [3.05, 3.63) is 77.7 Å². The number of fused-ring (bicyclic) bond motifs is 1. The molecular formula is C26H22FN5OS. The van der Waals surface area contributed by atoms with Gasteiger partial charge in [0.25, 0.3) is 5.88 Å². The Labute approximate surface area is 199 Å². The molecule has 0 spiro atoms. The molecule has 0 amide bonds. The number of hydrogen-bond acceptors (Lipinski definition) is 6.